The molecule has 2 N–H and O–H groups in total. The van der Waals surface area contributed by atoms with E-state index in [0.29, 0.717) is 42.4 Å². The van der Waals surface area contributed by atoms with Gasteiger partial charge in [-0.3, -0.25) is 14.5 Å². The first-order valence-electron chi connectivity index (χ1n) is 11.4. The number of halogens is 1. The maximum absolute atomic E-state index is 13.3. The number of nitriles is 1. The fourth-order valence-corrected chi connectivity index (χ4v) is 4.69. The van der Waals surface area contributed by atoms with Gasteiger partial charge in [-0.1, -0.05) is 18.2 Å². The summed E-state index contributed by atoms with van der Waals surface area (Å²) in [5.41, 5.74) is 1.65. The lowest BCUT2D eigenvalue weighted by Crippen LogP contribution is -2.63. The van der Waals surface area contributed by atoms with Gasteiger partial charge in [0.1, 0.15) is 23.8 Å². The van der Waals surface area contributed by atoms with E-state index < -0.39 is 17.6 Å². The van der Waals surface area contributed by atoms with Crippen molar-refractivity contribution in [3.63, 3.8) is 0 Å². The van der Waals surface area contributed by atoms with Crippen molar-refractivity contribution in [2.45, 2.75) is 31.1 Å². The van der Waals surface area contributed by atoms with Gasteiger partial charge < -0.3 is 15.5 Å². The first kappa shape index (κ1) is 23.0. The number of anilines is 1. The molecule has 2 amide bonds. The van der Waals surface area contributed by atoms with Crippen molar-refractivity contribution in [3.8, 4) is 6.07 Å². The second kappa shape index (κ2) is 9.49. The van der Waals surface area contributed by atoms with Crippen LogP contribution in [0.3, 0.4) is 0 Å². The Kier molecular flexibility index (Phi) is 6.24. The Morgan fingerprint density at radius 2 is 2.00 bits per heavy atom. The van der Waals surface area contributed by atoms with Crippen molar-refractivity contribution >= 4 is 40.1 Å². The number of alkyl halides is 1. The standard InChI is InChI=1S/C25H24ClN7O2/c1-15(26)22-24(34)30-21-14-33(25(35)17-6-4-5-16(11-17)12-27)10-9-32(21)13-20-28-19-8-3-2-7-18(19)23(29-20)31-22/h2-8,11,15,21-22H,9-10,13-14H2,1H3,(H,30,34)(H,28,29,31)/t15?,21?,22-/m0/s1. The fraction of sp³-hybridized carbons (Fsp3) is 0.320. The summed E-state index contributed by atoms with van der Waals surface area (Å²) in [5.74, 6) is 0.741. The molecule has 0 aliphatic carbocycles. The Morgan fingerprint density at radius 1 is 1.17 bits per heavy atom. The summed E-state index contributed by atoms with van der Waals surface area (Å²) in [6, 6.07) is 15.6. The number of nitrogens with one attached hydrogen (secondary N) is 2. The molecule has 0 radical (unpaired) electrons. The molecule has 1 saturated heterocycles. The van der Waals surface area contributed by atoms with Crippen LogP contribution in [0.15, 0.2) is 48.5 Å². The van der Waals surface area contributed by atoms with Crippen LogP contribution in [0.2, 0.25) is 0 Å². The molecule has 35 heavy (non-hydrogen) atoms. The third-order valence-corrected chi connectivity index (χ3v) is 6.61. The fourth-order valence-electron chi connectivity index (χ4n) is 4.51. The average Bonchev–Trinajstić information content (AvgIpc) is 2.87. The van der Waals surface area contributed by atoms with Crippen LogP contribution < -0.4 is 10.6 Å². The molecule has 1 fully saturated rings. The zero-order valence-electron chi connectivity index (χ0n) is 19.1. The maximum atomic E-state index is 13.3. The Bertz CT molecular complexity index is 1340. The van der Waals surface area contributed by atoms with E-state index in [2.05, 4.69) is 21.6 Å². The van der Waals surface area contributed by atoms with Crippen LogP contribution in [-0.2, 0) is 11.3 Å². The van der Waals surface area contributed by atoms with Gasteiger partial charge in [-0.05, 0) is 37.3 Å². The number of para-hydroxylation sites is 1. The summed E-state index contributed by atoms with van der Waals surface area (Å²) >= 11 is 6.42. The van der Waals surface area contributed by atoms with E-state index in [1.165, 1.54) is 0 Å². The van der Waals surface area contributed by atoms with Crippen LogP contribution in [-0.4, -0.2) is 68.8 Å². The zero-order chi connectivity index (χ0) is 24.5. The molecule has 0 spiro atoms. The summed E-state index contributed by atoms with van der Waals surface area (Å²) < 4.78 is 0. The lowest BCUT2D eigenvalue weighted by molar-refractivity contribution is -0.124. The van der Waals surface area contributed by atoms with Gasteiger partial charge in [-0.25, -0.2) is 9.97 Å². The summed E-state index contributed by atoms with van der Waals surface area (Å²) in [6.07, 6.45) is -0.448. The third-order valence-electron chi connectivity index (χ3n) is 6.35. The van der Waals surface area contributed by atoms with Gasteiger partial charge in [0.25, 0.3) is 5.91 Å². The van der Waals surface area contributed by atoms with Crippen LogP contribution in [0.4, 0.5) is 5.82 Å². The Balaban J connectivity index is 1.47. The largest absolute Gasteiger partial charge is 0.357 e. The van der Waals surface area contributed by atoms with Gasteiger partial charge in [0.05, 0.1) is 35.6 Å². The molecule has 2 aromatic carbocycles. The topological polar surface area (TPSA) is 114 Å². The predicted molar refractivity (Wildman–Crippen MR) is 132 cm³/mol. The van der Waals surface area contributed by atoms with Crippen LogP contribution in [0.5, 0.6) is 0 Å². The molecule has 2 unspecified atom stereocenters. The van der Waals surface area contributed by atoms with E-state index in [-0.39, 0.29) is 18.4 Å². The SMILES string of the molecule is CC(Cl)[C@@H]1Nc2nc(nc3ccccc23)CN2CCN(C(=O)c3cccc(C#N)c3)CC2NC1=O. The van der Waals surface area contributed by atoms with Crippen molar-refractivity contribution in [1.29, 1.82) is 5.26 Å². The highest BCUT2D eigenvalue weighted by Gasteiger charge is 2.35. The number of aromatic nitrogens is 2. The smallest absolute Gasteiger partial charge is 0.254 e. The minimum atomic E-state index is -0.735. The molecule has 2 aliphatic heterocycles. The molecule has 9 nitrogen and oxygen atoms in total. The summed E-state index contributed by atoms with van der Waals surface area (Å²) in [4.78, 5) is 39.7. The Morgan fingerprint density at radius 3 is 2.80 bits per heavy atom. The second-order valence-corrected chi connectivity index (χ2v) is 9.43. The van der Waals surface area contributed by atoms with E-state index in [4.69, 9.17) is 21.6 Å². The highest BCUT2D eigenvalue weighted by atomic mass is 35.5. The van der Waals surface area contributed by atoms with E-state index >= 15 is 0 Å². The number of hydrogen-bond donors (Lipinski definition) is 2. The minimum absolute atomic E-state index is 0.183. The van der Waals surface area contributed by atoms with Crippen molar-refractivity contribution < 1.29 is 9.59 Å². The molecule has 3 aromatic rings. The molecule has 1 aromatic heterocycles. The first-order valence-corrected chi connectivity index (χ1v) is 11.9. The Hall–Kier alpha value is -3.74. The number of piperazine rings is 1. The van der Waals surface area contributed by atoms with Crippen molar-refractivity contribution in [1.82, 2.24) is 25.1 Å². The molecule has 10 heteroatoms. The van der Waals surface area contributed by atoms with Crippen LogP contribution in [0.1, 0.15) is 28.7 Å². The molecule has 2 bridgehead atoms. The van der Waals surface area contributed by atoms with Crippen molar-refractivity contribution in [3.05, 3.63) is 65.5 Å². The molecular formula is C25H24ClN7O2. The number of rotatable bonds is 2. The molecule has 0 saturated carbocycles. The van der Waals surface area contributed by atoms with Gasteiger partial charge >= 0.3 is 0 Å². The number of fused-ring (bicyclic) bond motifs is 5. The third kappa shape index (κ3) is 4.63. The van der Waals surface area contributed by atoms with Crippen LogP contribution in [0.25, 0.3) is 10.9 Å². The Labute approximate surface area is 207 Å². The van der Waals surface area contributed by atoms with E-state index in [9.17, 15) is 14.9 Å². The zero-order valence-corrected chi connectivity index (χ0v) is 19.9. The normalized spacial score (nSPS) is 21.3. The van der Waals surface area contributed by atoms with Crippen LogP contribution in [0, 0.1) is 11.3 Å². The number of benzene rings is 2. The molecule has 3 heterocycles. The molecule has 2 aliphatic rings. The number of carbonyl (C=O) groups is 2. The highest BCUT2D eigenvalue weighted by molar-refractivity contribution is 6.22. The van der Waals surface area contributed by atoms with E-state index in [0.717, 1.165) is 10.9 Å². The van der Waals surface area contributed by atoms with E-state index in [1.807, 2.05) is 24.3 Å². The monoisotopic (exact) mass is 489 g/mol. The molecular weight excluding hydrogens is 466 g/mol. The highest BCUT2D eigenvalue weighted by Crippen LogP contribution is 2.25. The van der Waals surface area contributed by atoms with Gasteiger partial charge in [0, 0.05) is 24.0 Å². The average molecular weight is 490 g/mol. The van der Waals surface area contributed by atoms with Gasteiger partial charge in [-0.15, -0.1) is 11.6 Å². The maximum Gasteiger partial charge on any atom is 0.254 e. The predicted octanol–water partition coefficient (Wildman–Crippen LogP) is 2.32. The lowest BCUT2D eigenvalue weighted by Gasteiger charge is -2.42. The van der Waals surface area contributed by atoms with Gasteiger partial charge in [0.15, 0.2) is 0 Å². The van der Waals surface area contributed by atoms with Crippen molar-refractivity contribution in [2.24, 2.45) is 0 Å². The summed E-state index contributed by atoms with van der Waals surface area (Å²) in [5, 5.41) is 15.8. The second-order valence-electron chi connectivity index (χ2n) is 8.74. The lowest BCUT2D eigenvalue weighted by atomic mass is 10.1. The number of amides is 2. The molecule has 178 valence electrons. The summed E-state index contributed by atoms with van der Waals surface area (Å²) in [6.45, 7) is 3.44. The molecule has 5 rings (SSSR count). The minimum Gasteiger partial charge on any atom is -0.357 e. The number of carbonyl (C=O) groups excluding carboxylic acids is 2. The van der Waals surface area contributed by atoms with Crippen molar-refractivity contribution in [2.75, 3.05) is 25.0 Å². The van der Waals surface area contributed by atoms with Crippen LogP contribution >= 0.6 is 11.6 Å². The number of nitrogens with zero attached hydrogens (tertiary/aromatic N) is 5. The first-order chi connectivity index (χ1) is 16.9. The number of hydrogen-bond acceptors (Lipinski definition) is 7. The van der Waals surface area contributed by atoms with E-state index in [1.54, 1.807) is 36.1 Å². The van der Waals surface area contributed by atoms with Gasteiger partial charge in [0.2, 0.25) is 5.91 Å². The quantitative estimate of drug-likeness (QED) is 0.531. The summed E-state index contributed by atoms with van der Waals surface area (Å²) in [7, 11) is 0. The van der Waals surface area contributed by atoms with Gasteiger partial charge in [-0.2, -0.15) is 5.26 Å². The molecule has 3 atom stereocenters.